The molecule has 1 saturated carbocycles. The Hall–Kier alpha value is -1.09. The van der Waals surface area contributed by atoms with E-state index in [0.717, 1.165) is 24.4 Å². The van der Waals surface area contributed by atoms with E-state index in [-0.39, 0.29) is 11.4 Å². The summed E-state index contributed by atoms with van der Waals surface area (Å²) in [5, 5.41) is 0. The van der Waals surface area contributed by atoms with Gasteiger partial charge in [-0.05, 0) is 49.4 Å². The van der Waals surface area contributed by atoms with Crippen molar-refractivity contribution in [2.45, 2.75) is 51.0 Å². The topological polar surface area (TPSA) is 29.3 Å². The Bertz CT molecular complexity index is 418. The summed E-state index contributed by atoms with van der Waals surface area (Å²) in [6.07, 6.45) is 7.33. The van der Waals surface area contributed by atoms with E-state index in [4.69, 9.17) is 5.73 Å². The highest BCUT2D eigenvalue weighted by Gasteiger charge is 2.35. The quantitative estimate of drug-likeness (QED) is 0.845. The van der Waals surface area contributed by atoms with Crippen LogP contribution < -0.4 is 10.6 Å². The zero-order valence-corrected chi connectivity index (χ0v) is 12.7. The van der Waals surface area contributed by atoms with Gasteiger partial charge in [-0.25, -0.2) is 4.39 Å². The summed E-state index contributed by atoms with van der Waals surface area (Å²) < 4.78 is 13.1. The third kappa shape index (κ3) is 3.14. The molecule has 1 aliphatic rings. The van der Waals surface area contributed by atoms with Crippen LogP contribution >= 0.6 is 0 Å². The molecule has 0 bridgehead atoms. The first-order chi connectivity index (χ1) is 9.61. The van der Waals surface area contributed by atoms with Gasteiger partial charge in [0.1, 0.15) is 5.82 Å². The van der Waals surface area contributed by atoms with E-state index in [2.05, 4.69) is 18.9 Å². The van der Waals surface area contributed by atoms with Crippen molar-refractivity contribution in [3.8, 4) is 0 Å². The largest absolute Gasteiger partial charge is 0.368 e. The van der Waals surface area contributed by atoms with E-state index < -0.39 is 0 Å². The van der Waals surface area contributed by atoms with Crippen molar-refractivity contribution in [1.29, 1.82) is 0 Å². The van der Waals surface area contributed by atoms with Crippen molar-refractivity contribution in [3.63, 3.8) is 0 Å². The van der Waals surface area contributed by atoms with Gasteiger partial charge in [0.05, 0.1) is 5.54 Å². The third-order valence-corrected chi connectivity index (χ3v) is 5.16. The number of nitrogens with zero attached hydrogens (tertiary/aromatic N) is 1. The van der Waals surface area contributed by atoms with Crippen molar-refractivity contribution < 1.29 is 4.39 Å². The number of rotatable bonds is 4. The maximum atomic E-state index is 13.1. The molecule has 2 rings (SSSR count). The summed E-state index contributed by atoms with van der Waals surface area (Å²) in [6.45, 7) is 2.95. The van der Waals surface area contributed by atoms with Crippen LogP contribution in [0.4, 0.5) is 10.1 Å². The molecule has 0 aromatic heterocycles. The van der Waals surface area contributed by atoms with Crippen molar-refractivity contribution in [3.05, 3.63) is 30.1 Å². The molecule has 0 heterocycles. The molecule has 2 nitrogen and oxygen atoms in total. The highest BCUT2D eigenvalue weighted by atomic mass is 19.1. The van der Waals surface area contributed by atoms with Gasteiger partial charge in [0.15, 0.2) is 0 Å². The minimum atomic E-state index is -0.184. The average Bonchev–Trinajstić information content (AvgIpc) is 2.70. The van der Waals surface area contributed by atoms with Crippen LogP contribution in [0.5, 0.6) is 0 Å². The first-order valence-electron chi connectivity index (χ1n) is 7.81. The summed E-state index contributed by atoms with van der Waals surface area (Å²) in [5.74, 6) is 0.654. The van der Waals surface area contributed by atoms with Crippen LogP contribution in [-0.2, 0) is 0 Å². The number of benzene rings is 1. The van der Waals surface area contributed by atoms with Crippen molar-refractivity contribution >= 4 is 5.69 Å². The summed E-state index contributed by atoms with van der Waals surface area (Å²) in [7, 11) is 2.10. The van der Waals surface area contributed by atoms with E-state index in [1.54, 1.807) is 0 Å². The highest BCUT2D eigenvalue weighted by Crippen LogP contribution is 2.37. The van der Waals surface area contributed by atoms with E-state index in [0.29, 0.717) is 6.54 Å². The van der Waals surface area contributed by atoms with Crippen LogP contribution in [0.1, 0.15) is 45.4 Å². The molecule has 2 unspecified atom stereocenters. The highest BCUT2D eigenvalue weighted by molar-refractivity contribution is 5.48. The van der Waals surface area contributed by atoms with Crippen LogP contribution in [0.2, 0.25) is 0 Å². The molecule has 3 heteroatoms. The van der Waals surface area contributed by atoms with Crippen LogP contribution in [0, 0.1) is 11.7 Å². The SMILES string of the molecule is CCC1CCCC(CN)(N(C)c2ccc(F)cc2)CC1. The van der Waals surface area contributed by atoms with Gasteiger partial charge in [-0.15, -0.1) is 0 Å². The number of hydrogen-bond acceptors (Lipinski definition) is 2. The van der Waals surface area contributed by atoms with Crippen LogP contribution in [0.25, 0.3) is 0 Å². The molecule has 1 aliphatic carbocycles. The molecule has 0 aliphatic heterocycles. The Labute approximate surface area is 122 Å². The average molecular weight is 278 g/mol. The lowest BCUT2D eigenvalue weighted by atomic mass is 9.87. The minimum Gasteiger partial charge on any atom is -0.368 e. The number of anilines is 1. The lowest BCUT2D eigenvalue weighted by molar-refractivity contribution is 0.353. The first-order valence-corrected chi connectivity index (χ1v) is 7.81. The van der Waals surface area contributed by atoms with Gasteiger partial charge in [-0.2, -0.15) is 0 Å². The number of halogens is 1. The minimum absolute atomic E-state index is 0.0295. The molecule has 1 aromatic carbocycles. The predicted octanol–water partition coefficient (Wildman–Crippen LogP) is 3.95. The third-order valence-electron chi connectivity index (χ3n) is 5.16. The van der Waals surface area contributed by atoms with Gasteiger partial charge < -0.3 is 10.6 Å². The fourth-order valence-corrected chi connectivity index (χ4v) is 3.49. The summed E-state index contributed by atoms with van der Waals surface area (Å²) >= 11 is 0. The zero-order valence-electron chi connectivity index (χ0n) is 12.7. The van der Waals surface area contributed by atoms with E-state index in [1.807, 2.05) is 12.1 Å². The van der Waals surface area contributed by atoms with Gasteiger partial charge in [-0.3, -0.25) is 0 Å². The molecule has 20 heavy (non-hydrogen) atoms. The van der Waals surface area contributed by atoms with Gasteiger partial charge in [0, 0.05) is 19.3 Å². The molecule has 2 atom stereocenters. The lowest BCUT2D eigenvalue weighted by Crippen LogP contribution is -2.52. The zero-order chi connectivity index (χ0) is 14.6. The molecule has 1 fully saturated rings. The Kier molecular flexibility index (Phi) is 5.03. The van der Waals surface area contributed by atoms with Gasteiger partial charge in [0.2, 0.25) is 0 Å². The second-order valence-electron chi connectivity index (χ2n) is 6.17. The van der Waals surface area contributed by atoms with Gasteiger partial charge in [-0.1, -0.05) is 26.2 Å². The first kappa shape index (κ1) is 15.3. The van der Waals surface area contributed by atoms with Crippen LogP contribution in [-0.4, -0.2) is 19.1 Å². The predicted molar refractivity (Wildman–Crippen MR) is 83.5 cm³/mol. The van der Waals surface area contributed by atoms with E-state index >= 15 is 0 Å². The monoisotopic (exact) mass is 278 g/mol. The molecule has 0 amide bonds. The summed E-state index contributed by atoms with van der Waals surface area (Å²) in [5.41, 5.74) is 7.24. The normalized spacial score (nSPS) is 27.1. The van der Waals surface area contributed by atoms with Crippen molar-refractivity contribution in [2.75, 3.05) is 18.5 Å². The van der Waals surface area contributed by atoms with E-state index in [1.165, 1.54) is 37.8 Å². The second-order valence-corrected chi connectivity index (χ2v) is 6.17. The van der Waals surface area contributed by atoms with Crippen LogP contribution in [0.15, 0.2) is 24.3 Å². The van der Waals surface area contributed by atoms with Gasteiger partial charge >= 0.3 is 0 Å². The summed E-state index contributed by atoms with van der Waals surface area (Å²) in [4.78, 5) is 2.28. The van der Waals surface area contributed by atoms with Gasteiger partial charge in [0.25, 0.3) is 0 Å². The fraction of sp³-hybridized carbons (Fsp3) is 0.647. The molecule has 2 N–H and O–H groups in total. The fourth-order valence-electron chi connectivity index (χ4n) is 3.49. The Morgan fingerprint density at radius 3 is 2.55 bits per heavy atom. The van der Waals surface area contributed by atoms with E-state index in [9.17, 15) is 4.39 Å². The molecular weight excluding hydrogens is 251 g/mol. The number of hydrogen-bond donors (Lipinski definition) is 1. The van der Waals surface area contributed by atoms with Crippen molar-refractivity contribution in [2.24, 2.45) is 11.7 Å². The Morgan fingerprint density at radius 1 is 1.25 bits per heavy atom. The molecule has 1 aromatic rings. The maximum absolute atomic E-state index is 13.1. The molecule has 0 saturated heterocycles. The molecule has 0 spiro atoms. The molecule has 0 radical (unpaired) electrons. The smallest absolute Gasteiger partial charge is 0.123 e. The standard InChI is InChI=1S/C17H27FN2/c1-3-14-5-4-11-17(13-19,12-10-14)20(2)16-8-6-15(18)7-9-16/h6-9,14H,3-5,10-13,19H2,1-2H3. The number of nitrogens with two attached hydrogens (primary N) is 1. The lowest BCUT2D eigenvalue weighted by Gasteiger charge is -2.42. The Balaban J connectivity index is 2.19. The molecular formula is C17H27FN2. The number of likely N-dealkylation sites (N-methyl/N-ethyl adjacent to an activating group) is 1. The van der Waals surface area contributed by atoms with Crippen LogP contribution in [0.3, 0.4) is 0 Å². The second kappa shape index (κ2) is 6.57. The molecule has 112 valence electrons. The summed E-state index contributed by atoms with van der Waals surface area (Å²) in [6, 6.07) is 6.77. The van der Waals surface area contributed by atoms with Crippen molar-refractivity contribution in [1.82, 2.24) is 0 Å². The Morgan fingerprint density at radius 2 is 1.95 bits per heavy atom. The maximum Gasteiger partial charge on any atom is 0.123 e.